The van der Waals surface area contributed by atoms with Crippen LogP contribution in [0.25, 0.3) is 0 Å². The standard InChI is InChI=1S/C12H17BrN2/c1-12(2)6-3-7-15(9-12)11-5-4-10(13)8-14-11/h4-5,8H,3,6-7,9H2,1-2H3. The van der Waals surface area contributed by atoms with Crippen molar-refractivity contribution in [2.75, 3.05) is 18.0 Å². The first-order chi connectivity index (χ1) is 7.07. The summed E-state index contributed by atoms with van der Waals surface area (Å²) in [7, 11) is 0. The quantitative estimate of drug-likeness (QED) is 0.776. The van der Waals surface area contributed by atoms with Crippen LogP contribution in [0, 0.1) is 5.41 Å². The topological polar surface area (TPSA) is 16.1 Å². The number of nitrogens with zero attached hydrogens (tertiary/aromatic N) is 2. The Labute approximate surface area is 99.8 Å². The van der Waals surface area contributed by atoms with Gasteiger partial charge in [-0.3, -0.25) is 0 Å². The molecule has 0 aromatic carbocycles. The van der Waals surface area contributed by atoms with Crippen LogP contribution in [0.2, 0.25) is 0 Å². The van der Waals surface area contributed by atoms with E-state index in [2.05, 4.69) is 51.8 Å². The Morgan fingerprint density at radius 2 is 2.20 bits per heavy atom. The maximum Gasteiger partial charge on any atom is 0.128 e. The highest BCUT2D eigenvalue weighted by Crippen LogP contribution is 2.30. The molecule has 1 aromatic heterocycles. The lowest BCUT2D eigenvalue weighted by Gasteiger charge is -2.38. The maximum absolute atomic E-state index is 4.45. The molecule has 1 fully saturated rings. The van der Waals surface area contributed by atoms with Crippen molar-refractivity contribution in [2.45, 2.75) is 26.7 Å². The number of piperidine rings is 1. The Kier molecular flexibility index (Phi) is 3.01. The minimum Gasteiger partial charge on any atom is -0.356 e. The molecule has 82 valence electrons. The first-order valence-corrected chi connectivity index (χ1v) is 6.23. The molecule has 3 heteroatoms. The fourth-order valence-corrected chi connectivity index (χ4v) is 2.41. The molecule has 0 spiro atoms. The van der Waals surface area contributed by atoms with Crippen LogP contribution >= 0.6 is 15.9 Å². The summed E-state index contributed by atoms with van der Waals surface area (Å²) in [6.07, 6.45) is 4.46. The molecular weight excluding hydrogens is 252 g/mol. The van der Waals surface area contributed by atoms with Crippen molar-refractivity contribution in [3.05, 3.63) is 22.8 Å². The van der Waals surface area contributed by atoms with Gasteiger partial charge in [0.2, 0.25) is 0 Å². The van der Waals surface area contributed by atoms with E-state index < -0.39 is 0 Å². The van der Waals surface area contributed by atoms with Crippen molar-refractivity contribution < 1.29 is 0 Å². The van der Waals surface area contributed by atoms with E-state index in [0.717, 1.165) is 23.4 Å². The van der Waals surface area contributed by atoms with Gasteiger partial charge >= 0.3 is 0 Å². The van der Waals surface area contributed by atoms with Crippen LogP contribution in [0.3, 0.4) is 0 Å². The van der Waals surface area contributed by atoms with Crippen molar-refractivity contribution in [1.29, 1.82) is 0 Å². The van der Waals surface area contributed by atoms with Crippen molar-refractivity contribution in [2.24, 2.45) is 5.41 Å². The summed E-state index contributed by atoms with van der Waals surface area (Å²) >= 11 is 3.41. The molecule has 15 heavy (non-hydrogen) atoms. The average molecular weight is 269 g/mol. The molecule has 2 heterocycles. The van der Waals surface area contributed by atoms with E-state index in [1.165, 1.54) is 12.8 Å². The van der Waals surface area contributed by atoms with E-state index >= 15 is 0 Å². The summed E-state index contributed by atoms with van der Waals surface area (Å²) in [6.45, 7) is 6.91. The number of hydrogen-bond acceptors (Lipinski definition) is 2. The van der Waals surface area contributed by atoms with Gasteiger partial charge < -0.3 is 4.90 Å². The van der Waals surface area contributed by atoms with E-state index in [9.17, 15) is 0 Å². The van der Waals surface area contributed by atoms with E-state index in [0.29, 0.717) is 5.41 Å². The smallest absolute Gasteiger partial charge is 0.128 e. The van der Waals surface area contributed by atoms with E-state index in [4.69, 9.17) is 0 Å². The minimum absolute atomic E-state index is 0.424. The molecule has 0 saturated carbocycles. The Hall–Kier alpha value is -0.570. The van der Waals surface area contributed by atoms with Gasteiger partial charge in [-0.15, -0.1) is 0 Å². The second-order valence-electron chi connectivity index (χ2n) is 5.02. The molecule has 0 aliphatic carbocycles. The third-order valence-electron chi connectivity index (χ3n) is 2.94. The van der Waals surface area contributed by atoms with Gasteiger partial charge in [0.15, 0.2) is 0 Å². The second kappa shape index (κ2) is 4.12. The first kappa shape index (κ1) is 10.9. The lowest BCUT2D eigenvalue weighted by atomic mass is 9.84. The predicted molar refractivity (Wildman–Crippen MR) is 67.2 cm³/mol. The lowest BCUT2D eigenvalue weighted by molar-refractivity contribution is 0.292. The van der Waals surface area contributed by atoms with Crippen LogP contribution in [0.15, 0.2) is 22.8 Å². The van der Waals surface area contributed by atoms with Gasteiger partial charge in [0, 0.05) is 23.8 Å². The molecule has 2 rings (SSSR count). The Bertz CT molecular complexity index is 332. The number of pyridine rings is 1. The van der Waals surface area contributed by atoms with Gasteiger partial charge in [0.05, 0.1) is 0 Å². The second-order valence-corrected chi connectivity index (χ2v) is 5.94. The van der Waals surface area contributed by atoms with E-state index in [-0.39, 0.29) is 0 Å². The molecule has 0 N–H and O–H groups in total. The molecule has 0 bridgehead atoms. The normalized spacial score (nSPS) is 20.3. The number of hydrogen-bond donors (Lipinski definition) is 0. The average Bonchev–Trinajstić information content (AvgIpc) is 2.17. The molecule has 1 aromatic rings. The highest BCUT2D eigenvalue weighted by molar-refractivity contribution is 9.10. The summed E-state index contributed by atoms with van der Waals surface area (Å²) in [4.78, 5) is 6.83. The molecule has 1 saturated heterocycles. The summed E-state index contributed by atoms with van der Waals surface area (Å²) in [5.74, 6) is 1.10. The maximum atomic E-state index is 4.45. The van der Waals surface area contributed by atoms with Crippen molar-refractivity contribution in [1.82, 2.24) is 4.98 Å². The summed E-state index contributed by atoms with van der Waals surface area (Å²) < 4.78 is 1.04. The van der Waals surface area contributed by atoms with Crippen LogP contribution in [-0.2, 0) is 0 Å². The molecule has 1 aliphatic heterocycles. The van der Waals surface area contributed by atoms with Gasteiger partial charge in [-0.05, 0) is 46.3 Å². The van der Waals surface area contributed by atoms with Crippen molar-refractivity contribution in [3.8, 4) is 0 Å². The van der Waals surface area contributed by atoms with Crippen LogP contribution in [0.1, 0.15) is 26.7 Å². The Balaban J connectivity index is 2.13. The zero-order valence-electron chi connectivity index (χ0n) is 9.33. The SMILES string of the molecule is CC1(C)CCCN(c2ccc(Br)cn2)C1. The summed E-state index contributed by atoms with van der Waals surface area (Å²) in [5.41, 5.74) is 0.424. The number of halogens is 1. The van der Waals surface area contributed by atoms with Gasteiger partial charge in [-0.2, -0.15) is 0 Å². The molecule has 0 radical (unpaired) electrons. The van der Waals surface area contributed by atoms with Gasteiger partial charge in [-0.25, -0.2) is 4.98 Å². The van der Waals surface area contributed by atoms with E-state index in [1.54, 1.807) is 0 Å². The van der Waals surface area contributed by atoms with Crippen molar-refractivity contribution in [3.63, 3.8) is 0 Å². The predicted octanol–water partition coefficient (Wildman–Crippen LogP) is 3.47. The van der Waals surface area contributed by atoms with E-state index in [1.807, 2.05) is 6.20 Å². The van der Waals surface area contributed by atoms with Crippen molar-refractivity contribution >= 4 is 21.7 Å². The molecule has 1 aliphatic rings. The molecule has 0 atom stereocenters. The highest BCUT2D eigenvalue weighted by atomic mass is 79.9. The van der Waals surface area contributed by atoms with Crippen LogP contribution in [0.5, 0.6) is 0 Å². The van der Waals surface area contributed by atoms with Gasteiger partial charge in [0.1, 0.15) is 5.82 Å². The van der Waals surface area contributed by atoms with Crippen LogP contribution in [0.4, 0.5) is 5.82 Å². The third kappa shape index (κ3) is 2.71. The van der Waals surface area contributed by atoms with Crippen LogP contribution in [-0.4, -0.2) is 18.1 Å². The fourth-order valence-electron chi connectivity index (χ4n) is 2.17. The highest BCUT2D eigenvalue weighted by Gasteiger charge is 2.26. The first-order valence-electron chi connectivity index (χ1n) is 5.43. The summed E-state index contributed by atoms with van der Waals surface area (Å²) in [5, 5.41) is 0. The molecule has 0 unspecified atom stereocenters. The van der Waals surface area contributed by atoms with Gasteiger partial charge in [-0.1, -0.05) is 13.8 Å². The zero-order valence-corrected chi connectivity index (χ0v) is 10.9. The molecule has 2 nitrogen and oxygen atoms in total. The van der Waals surface area contributed by atoms with Crippen LogP contribution < -0.4 is 4.90 Å². The van der Waals surface area contributed by atoms with Gasteiger partial charge in [0.25, 0.3) is 0 Å². The summed E-state index contributed by atoms with van der Waals surface area (Å²) in [6, 6.07) is 4.15. The third-order valence-corrected chi connectivity index (χ3v) is 3.41. The Morgan fingerprint density at radius 3 is 2.80 bits per heavy atom. The molecule has 0 amide bonds. The fraction of sp³-hybridized carbons (Fsp3) is 0.583. The lowest BCUT2D eigenvalue weighted by Crippen LogP contribution is -2.40. The zero-order chi connectivity index (χ0) is 10.9. The largest absolute Gasteiger partial charge is 0.356 e. The molecular formula is C12H17BrN2. The number of rotatable bonds is 1. The Morgan fingerprint density at radius 1 is 1.40 bits per heavy atom. The number of aromatic nitrogens is 1. The number of anilines is 1. The minimum atomic E-state index is 0.424. The monoisotopic (exact) mass is 268 g/mol.